The Balaban J connectivity index is 1.85. The highest BCUT2D eigenvalue weighted by molar-refractivity contribution is 7.89. The number of hydrogen-bond donors (Lipinski definition) is 1. The van der Waals surface area contributed by atoms with E-state index in [1.807, 2.05) is 0 Å². The summed E-state index contributed by atoms with van der Waals surface area (Å²) in [5.74, 6) is -1.43. The van der Waals surface area contributed by atoms with E-state index >= 15 is 0 Å². The predicted molar refractivity (Wildman–Crippen MR) is 96.6 cm³/mol. The Bertz CT molecular complexity index is 946. The van der Waals surface area contributed by atoms with E-state index < -0.39 is 21.7 Å². The lowest BCUT2D eigenvalue weighted by Gasteiger charge is -2.34. The van der Waals surface area contributed by atoms with Crippen LogP contribution in [0.25, 0.3) is 0 Å². The molecule has 0 radical (unpaired) electrons. The van der Waals surface area contributed by atoms with Crippen molar-refractivity contribution >= 4 is 21.6 Å². The maximum atomic E-state index is 13.7. The van der Waals surface area contributed by atoms with Crippen LogP contribution in [-0.2, 0) is 14.8 Å². The molecule has 1 N–H and O–H groups in total. The van der Waals surface area contributed by atoms with E-state index in [2.05, 4.69) is 5.32 Å². The first kappa shape index (κ1) is 19.5. The molecule has 9 heteroatoms. The zero-order valence-corrected chi connectivity index (χ0v) is 16.0. The van der Waals surface area contributed by atoms with E-state index in [9.17, 15) is 17.6 Å². The van der Waals surface area contributed by atoms with Crippen molar-refractivity contribution in [2.24, 2.45) is 0 Å². The fraction of sp³-hybridized carbons (Fsp3) is 0.389. The molecule has 146 valence electrons. The topological polar surface area (TPSA) is 88.8 Å². The number of aryl methyl sites for hydroxylation is 1. The van der Waals surface area contributed by atoms with Gasteiger partial charge in [-0.2, -0.15) is 4.31 Å². The van der Waals surface area contributed by atoms with E-state index in [1.54, 1.807) is 19.9 Å². The van der Waals surface area contributed by atoms with Gasteiger partial charge in [-0.25, -0.2) is 12.8 Å². The summed E-state index contributed by atoms with van der Waals surface area (Å²) in [5, 5.41) is 2.38. The molecule has 0 saturated carbocycles. The summed E-state index contributed by atoms with van der Waals surface area (Å²) in [4.78, 5) is 12.3. The third kappa shape index (κ3) is 4.05. The average molecular weight is 396 g/mol. The van der Waals surface area contributed by atoms with Gasteiger partial charge in [0.1, 0.15) is 16.5 Å². The molecular formula is C18H21FN2O5S. The molecule has 7 nitrogen and oxygen atoms in total. The number of anilines is 1. The van der Waals surface area contributed by atoms with Gasteiger partial charge in [-0.1, -0.05) is 12.1 Å². The Morgan fingerprint density at radius 2 is 1.85 bits per heavy atom. The quantitative estimate of drug-likeness (QED) is 0.858. The van der Waals surface area contributed by atoms with Crippen LogP contribution in [0.4, 0.5) is 10.1 Å². The van der Waals surface area contributed by atoms with E-state index in [0.29, 0.717) is 0 Å². The number of sulfonamides is 1. The number of para-hydroxylation sites is 1. The van der Waals surface area contributed by atoms with Gasteiger partial charge < -0.3 is 14.5 Å². The highest BCUT2D eigenvalue weighted by Crippen LogP contribution is 2.27. The summed E-state index contributed by atoms with van der Waals surface area (Å²) >= 11 is 0. The molecule has 2 unspecified atom stereocenters. The molecule has 0 spiro atoms. The van der Waals surface area contributed by atoms with Crippen molar-refractivity contribution in [3.8, 4) is 0 Å². The minimum absolute atomic E-state index is 0.0169. The van der Waals surface area contributed by atoms with Gasteiger partial charge in [0.05, 0.1) is 17.9 Å². The summed E-state index contributed by atoms with van der Waals surface area (Å²) in [6.07, 6.45) is -0.473. The van der Waals surface area contributed by atoms with Crippen molar-refractivity contribution in [1.29, 1.82) is 0 Å². The second kappa shape index (κ2) is 7.41. The number of morpholine rings is 1. The molecule has 1 aromatic heterocycles. The van der Waals surface area contributed by atoms with Crippen LogP contribution < -0.4 is 5.32 Å². The number of nitrogens with zero attached hydrogens (tertiary/aromatic N) is 1. The smallest absolute Gasteiger partial charge is 0.291 e. The van der Waals surface area contributed by atoms with E-state index in [0.717, 1.165) is 0 Å². The third-order valence-electron chi connectivity index (χ3n) is 4.22. The van der Waals surface area contributed by atoms with Crippen molar-refractivity contribution in [3.05, 3.63) is 47.7 Å². The number of benzene rings is 1. The van der Waals surface area contributed by atoms with Gasteiger partial charge in [0, 0.05) is 19.2 Å². The lowest BCUT2D eigenvalue weighted by molar-refractivity contribution is -0.0441. The van der Waals surface area contributed by atoms with Crippen molar-refractivity contribution in [3.63, 3.8) is 0 Å². The third-order valence-corrected chi connectivity index (χ3v) is 6.16. The van der Waals surface area contributed by atoms with Gasteiger partial charge in [0.2, 0.25) is 10.0 Å². The van der Waals surface area contributed by atoms with E-state index in [1.165, 1.54) is 35.5 Å². The molecule has 1 saturated heterocycles. The second-order valence-electron chi connectivity index (χ2n) is 6.54. The standard InChI is InChI=1S/C18H21FN2O5S/c1-11-9-21(10-12(2)25-11)27(23,24)17-8-16(26-13(17)3)18(22)20-15-7-5-4-6-14(15)19/h4-8,11-12H,9-10H2,1-3H3,(H,20,22). The summed E-state index contributed by atoms with van der Waals surface area (Å²) < 4.78 is 51.9. The van der Waals surface area contributed by atoms with E-state index in [-0.39, 0.29) is 47.4 Å². The molecule has 2 aromatic rings. The van der Waals surface area contributed by atoms with E-state index in [4.69, 9.17) is 9.15 Å². The van der Waals surface area contributed by atoms with Gasteiger partial charge in [-0.3, -0.25) is 4.79 Å². The van der Waals surface area contributed by atoms with Crippen LogP contribution in [0.15, 0.2) is 39.6 Å². The Hall–Kier alpha value is -2.23. The maximum absolute atomic E-state index is 13.7. The van der Waals surface area contributed by atoms with Crippen molar-refractivity contribution < 1.29 is 26.8 Å². The first-order valence-electron chi connectivity index (χ1n) is 8.50. The first-order chi connectivity index (χ1) is 12.7. The number of ether oxygens (including phenoxy) is 1. The molecule has 1 amide bonds. The molecule has 27 heavy (non-hydrogen) atoms. The average Bonchev–Trinajstić information content (AvgIpc) is 2.99. The Labute approximate surface area is 157 Å². The monoisotopic (exact) mass is 396 g/mol. The Morgan fingerprint density at radius 3 is 2.48 bits per heavy atom. The lowest BCUT2D eigenvalue weighted by atomic mass is 10.3. The summed E-state index contributed by atoms with van der Waals surface area (Å²) in [5.41, 5.74) is -0.0169. The highest BCUT2D eigenvalue weighted by atomic mass is 32.2. The Morgan fingerprint density at radius 1 is 1.22 bits per heavy atom. The molecule has 1 aromatic carbocycles. The fourth-order valence-electron chi connectivity index (χ4n) is 3.05. The number of amides is 1. The molecule has 2 atom stereocenters. The number of hydrogen-bond acceptors (Lipinski definition) is 5. The molecule has 1 fully saturated rings. The molecule has 0 bridgehead atoms. The van der Waals surface area contributed by atoms with Crippen molar-refractivity contribution in [2.45, 2.75) is 37.9 Å². The highest BCUT2D eigenvalue weighted by Gasteiger charge is 2.35. The Kier molecular flexibility index (Phi) is 5.36. The van der Waals surface area contributed by atoms with Crippen LogP contribution in [0.5, 0.6) is 0 Å². The number of nitrogens with one attached hydrogen (secondary N) is 1. The molecule has 0 aliphatic carbocycles. The van der Waals surface area contributed by atoms with Crippen LogP contribution in [0.1, 0.15) is 30.2 Å². The fourth-order valence-corrected chi connectivity index (χ4v) is 4.80. The molecule has 2 heterocycles. The number of halogens is 1. The number of carbonyl (C=O) groups excluding carboxylic acids is 1. The van der Waals surface area contributed by atoms with Gasteiger partial charge in [0.25, 0.3) is 5.91 Å². The zero-order valence-electron chi connectivity index (χ0n) is 15.2. The van der Waals surface area contributed by atoms with Crippen LogP contribution in [0.3, 0.4) is 0 Å². The molecule has 1 aliphatic rings. The lowest BCUT2D eigenvalue weighted by Crippen LogP contribution is -2.48. The summed E-state index contributed by atoms with van der Waals surface area (Å²) in [6.45, 7) is 5.50. The largest absolute Gasteiger partial charge is 0.455 e. The molecular weight excluding hydrogens is 375 g/mol. The maximum Gasteiger partial charge on any atom is 0.291 e. The normalized spacial score (nSPS) is 21.2. The summed E-state index contributed by atoms with van der Waals surface area (Å²) in [6, 6.07) is 6.85. The number of carbonyl (C=O) groups is 1. The van der Waals surface area contributed by atoms with Crippen LogP contribution in [0, 0.1) is 12.7 Å². The van der Waals surface area contributed by atoms with Gasteiger partial charge in [-0.15, -0.1) is 0 Å². The summed E-state index contributed by atoms with van der Waals surface area (Å²) in [7, 11) is -3.85. The minimum atomic E-state index is -3.85. The predicted octanol–water partition coefficient (Wildman–Crippen LogP) is 2.78. The number of rotatable bonds is 4. The van der Waals surface area contributed by atoms with Crippen LogP contribution in [-0.4, -0.2) is 43.9 Å². The first-order valence-corrected chi connectivity index (χ1v) is 9.94. The number of furan rings is 1. The minimum Gasteiger partial charge on any atom is -0.455 e. The molecule has 1 aliphatic heterocycles. The van der Waals surface area contributed by atoms with Crippen LogP contribution in [0.2, 0.25) is 0 Å². The van der Waals surface area contributed by atoms with Gasteiger partial charge >= 0.3 is 0 Å². The molecule has 3 rings (SSSR count). The van der Waals surface area contributed by atoms with Crippen molar-refractivity contribution in [1.82, 2.24) is 4.31 Å². The van der Waals surface area contributed by atoms with Crippen LogP contribution >= 0.6 is 0 Å². The van der Waals surface area contributed by atoms with Gasteiger partial charge in [-0.05, 0) is 32.9 Å². The van der Waals surface area contributed by atoms with Gasteiger partial charge in [0.15, 0.2) is 5.76 Å². The second-order valence-corrected chi connectivity index (χ2v) is 8.45. The van der Waals surface area contributed by atoms with Crippen molar-refractivity contribution in [2.75, 3.05) is 18.4 Å². The zero-order chi connectivity index (χ0) is 19.8. The SMILES string of the molecule is Cc1oc(C(=O)Nc2ccccc2F)cc1S(=O)(=O)N1CC(C)OC(C)C1.